The Bertz CT molecular complexity index is 9380. The van der Waals surface area contributed by atoms with Crippen molar-refractivity contribution in [2.75, 3.05) is 14.7 Å². The van der Waals surface area contributed by atoms with Crippen LogP contribution in [-0.4, -0.2) is 15.0 Å². The molecule has 0 N–H and O–H groups in total. The van der Waals surface area contributed by atoms with E-state index >= 15 is 0 Å². The van der Waals surface area contributed by atoms with E-state index in [9.17, 15) is 0 Å². The summed E-state index contributed by atoms with van der Waals surface area (Å²) in [4.78, 5) is 21.9. The Morgan fingerprint density at radius 1 is 0.186 bits per heavy atom. The topological polar surface area (TPSA) is 87.8 Å². The summed E-state index contributed by atoms with van der Waals surface area (Å²) in [6.07, 6.45) is 0. The molecular formula is C136H90N6O3. The van der Waals surface area contributed by atoms with Crippen LogP contribution in [0.3, 0.4) is 0 Å². The molecule has 1 aliphatic rings. The predicted molar refractivity (Wildman–Crippen MR) is 601 cm³/mol. The van der Waals surface area contributed by atoms with Gasteiger partial charge in [-0.25, -0.2) is 15.0 Å². The van der Waals surface area contributed by atoms with Crippen molar-refractivity contribution in [3.8, 4) is 78.9 Å². The number of hydrogen-bond donors (Lipinski definition) is 0. The van der Waals surface area contributed by atoms with Crippen LogP contribution >= 0.6 is 0 Å². The first-order chi connectivity index (χ1) is 71.9. The molecule has 0 amide bonds. The minimum atomic E-state index is -0.451. The van der Waals surface area contributed by atoms with Crippen LogP contribution in [0.1, 0.15) is 22.3 Å². The molecule has 1 aliphatic carbocycles. The lowest BCUT2D eigenvalue weighted by atomic mass is 9.68. The van der Waals surface area contributed by atoms with Gasteiger partial charge in [-0.05, 0) is 274 Å². The fraction of sp³-hybridized carbons (Fsp3) is 0.00735. The summed E-state index contributed by atoms with van der Waals surface area (Å²) in [5, 5.41) is 13.4. The highest BCUT2D eigenvalue weighted by Crippen LogP contribution is 2.57. The summed E-state index contributed by atoms with van der Waals surface area (Å²) >= 11 is 0. The molecule has 0 unspecified atom stereocenters. The number of hydrogen-bond acceptors (Lipinski definition) is 9. The van der Waals surface area contributed by atoms with Crippen molar-refractivity contribution < 1.29 is 13.3 Å². The van der Waals surface area contributed by atoms with E-state index in [0.717, 1.165) is 177 Å². The van der Waals surface area contributed by atoms with Crippen LogP contribution in [0.5, 0.6) is 0 Å². The van der Waals surface area contributed by atoms with Gasteiger partial charge in [-0.2, -0.15) is 0 Å². The molecule has 0 atom stereocenters. The zero-order valence-corrected chi connectivity index (χ0v) is 78.9. The Labute approximate surface area is 838 Å². The smallest absolute Gasteiger partial charge is 0.227 e. The van der Waals surface area contributed by atoms with Gasteiger partial charge >= 0.3 is 0 Å². The second-order valence-corrected chi connectivity index (χ2v) is 36.7. The number of anilines is 9. The lowest BCUT2D eigenvalue weighted by Gasteiger charge is -2.34. The van der Waals surface area contributed by atoms with Crippen LogP contribution in [0.4, 0.5) is 51.2 Å². The van der Waals surface area contributed by atoms with Gasteiger partial charge in [0.15, 0.2) is 16.7 Å². The molecule has 9 heteroatoms. The standard InChI is InChI=1S/C52H34N2O.C45H30N2O.C39H26N2O/c1-4-14-37(15-5-1)51-53-48-33-27-36-25-24-35-26-30-42(34-45(35)49(36)50(48)55-51)54(40-18-8-3-9-19-40)41-31-28-39(29-32-41)52(38-16-6-2-7-17-38)46-22-12-10-20-43(46)44-21-11-13-23-47(44)52;1-4-12-31(13-5-1)39-18-10-11-19-40(39)32-22-26-37(27-23-32)47(36-16-8-3-9-17-36)38-28-24-33-20-21-34-25-29-42-44(43(34)41(33)30-38)48-45(46-42)35-14-6-2-7-15-35;1-5-13-27(14-6-1)30-25-34-33(35(26-30)41(31-17-9-3-10-18-31)32-19-11-4-12-20-32)23-21-28-22-24-36-38(37(28)34)40-39(42-36)29-15-7-2-8-16-29/h1-34H;1-30H;1-26H. The van der Waals surface area contributed by atoms with Crippen molar-refractivity contribution in [1.29, 1.82) is 0 Å². The first kappa shape index (κ1) is 86.0. The highest BCUT2D eigenvalue weighted by atomic mass is 16.4. The Hall–Kier alpha value is -19.4. The van der Waals surface area contributed by atoms with E-state index in [0.29, 0.717) is 17.7 Å². The van der Waals surface area contributed by atoms with Crippen LogP contribution in [0.15, 0.2) is 559 Å². The van der Waals surface area contributed by atoms with E-state index in [1.54, 1.807) is 0 Å². The van der Waals surface area contributed by atoms with Crippen molar-refractivity contribution in [3.63, 3.8) is 0 Å². The highest BCUT2D eigenvalue weighted by Gasteiger charge is 2.46. The number of benzene rings is 24. The van der Waals surface area contributed by atoms with Gasteiger partial charge < -0.3 is 28.0 Å². The minimum absolute atomic E-state index is 0.451. The molecule has 0 fully saturated rings. The van der Waals surface area contributed by atoms with Crippen LogP contribution in [0.2, 0.25) is 0 Å². The van der Waals surface area contributed by atoms with Crippen molar-refractivity contribution in [3.05, 3.63) is 568 Å². The van der Waals surface area contributed by atoms with Crippen molar-refractivity contribution in [2.45, 2.75) is 5.41 Å². The normalized spacial score (nSPS) is 11.9. The highest BCUT2D eigenvalue weighted by molar-refractivity contribution is 6.23. The van der Waals surface area contributed by atoms with Gasteiger partial charge in [-0.15, -0.1) is 0 Å². The number of aromatic nitrogens is 3. The third-order valence-corrected chi connectivity index (χ3v) is 28.3. The Balaban J connectivity index is 0.000000112. The molecule has 0 spiro atoms. The first-order valence-corrected chi connectivity index (χ1v) is 49.2. The number of nitrogens with zero attached hydrogens (tertiary/aromatic N) is 6. The molecule has 0 aliphatic heterocycles. The van der Waals surface area contributed by atoms with Gasteiger partial charge in [0.2, 0.25) is 17.7 Å². The molecule has 9 nitrogen and oxygen atoms in total. The molecular weight excluding hydrogens is 1770 g/mol. The molecule has 0 saturated carbocycles. The van der Waals surface area contributed by atoms with Crippen molar-refractivity contribution in [1.82, 2.24) is 15.0 Å². The van der Waals surface area contributed by atoms with Crippen LogP contribution in [0, 0.1) is 0 Å². The second-order valence-electron chi connectivity index (χ2n) is 36.7. The van der Waals surface area contributed by atoms with Crippen LogP contribution in [-0.2, 0) is 5.41 Å². The molecule has 682 valence electrons. The zero-order valence-electron chi connectivity index (χ0n) is 78.9. The van der Waals surface area contributed by atoms with Gasteiger partial charge in [0.25, 0.3) is 0 Å². The minimum Gasteiger partial charge on any atom is -0.436 e. The molecule has 3 aromatic heterocycles. The summed E-state index contributed by atoms with van der Waals surface area (Å²) in [5.74, 6) is 1.89. The Morgan fingerprint density at radius 3 is 0.972 bits per heavy atom. The average molecular weight is 1860 g/mol. The molecule has 3 heterocycles. The van der Waals surface area contributed by atoms with E-state index in [2.05, 4.69) is 464 Å². The summed E-state index contributed by atoms with van der Waals surface area (Å²) in [6.45, 7) is 0. The molecule has 0 radical (unpaired) electrons. The fourth-order valence-electron chi connectivity index (χ4n) is 21.6. The predicted octanol–water partition coefficient (Wildman–Crippen LogP) is 37.2. The number of rotatable bonds is 17. The third kappa shape index (κ3) is 15.7. The SMILES string of the molecule is c1ccc(-c2cc(N(c3ccccc3)c3ccccc3)c3ccc4ccc5oc(-c6ccccc6)nc5c4c3c2)cc1.c1ccc(-c2nc3ccc4ccc5ccc(N(c6ccccc6)c6ccc(-c7ccccc7-c7ccccc7)cc6)cc5c4c3o2)cc1.c1ccc(-c2nc3ccc4ccc5ccc(N(c6ccccc6)c6ccc(C7(c8ccccc8)c8ccccc8-c8ccccc87)cc6)cc5c4c3o2)cc1. The van der Waals surface area contributed by atoms with E-state index in [-0.39, 0.29) is 0 Å². The number of oxazole rings is 3. The Morgan fingerprint density at radius 2 is 0.510 bits per heavy atom. The van der Waals surface area contributed by atoms with Gasteiger partial charge in [0, 0.05) is 83.7 Å². The van der Waals surface area contributed by atoms with Gasteiger partial charge in [0.1, 0.15) is 16.6 Å². The summed E-state index contributed by atoms with van der Waals surface area (Å²) in [5.41, 5.74) is 32.0. The molecule has 0 saturated heterocycles. The summed E-state index contributed by atoms with van der Waals surface area (Å²) < 4.78 is 19.4. The monoisotopic (exact) mass is 1850 g/mol. The van der Waals surface area contributed by atoms with Crippen LogP contribution < -0.4 is 14.7 Å². The van der Waals surface area contributed by atoms with Gasteiger partial charge in [-0.1, -0.05) is 382 Å². The number of fused-ring (bicyclic) bond motifs is 18. The maximum Gasteiger partial charge on any atom is 0.227 e. The summed E-state index contributed by atoms with van der Waals surface area (Å²) in [7, 11) is 0. The lowest BCUT2D eigenvalue weighted by Crippen LogP contribution is -2.28. The van der Waals surface area contributed by atoms with Crippen molar-refractivity contribution in [2.24, 2.45) is 0 Å². The van der Waals surface area contributed by atoms with Gasteiger partial charge in [0.05, 0.1) is 11.1 Å². The van der Waals surface area contributed by atoms with Crippen molar-refractivity contribution >= 4 is 149 Å². The Kier molecular flexibility index (Phi) is 22.0. The second kappa shape index (κ2) is 37.1. The van der Waals surface area contributed by atoms with E-state index in [4.69, 9.17) is 28.2 Å². The van der Waals surface area contributed by atoms with E-state index in [1.165, 1.54) is 55.6 Å². The van der Waals surface area contributed by atoms with Crippen LogP contribution in [0.25, 0.3) is 177 Å². The van der Waals surface area contributed by atoms with E-state index < -0.39 is 5.41 Å². The van der Waals surface area contributed by atoms with E-state index in [1.807, 2.05) is 97.1 Å². The molecule has 145 heavy (non-hydrogen) atoms. The molecule has 0 bridgehead atoms. The molecule has 24 aromatic carbocycles. The average Bonchev–Trinajstić information content (AvgIpc) is 1.54. The van der Waals surface area contributed by atoms with Gasteiger partial charge in [-0.3, -0.25) is 0 Å². The zero-order chi connectivity index (χ0) is 96.1. The largest absolute Gasteiger partial charge is 0.436 e. The maximum absolute atomic E-state index is 6.58. The molecule has 28 rings (SSSR count). The third-order valence-electron chi connectivity index (χ3n) is 28.3. The summed E-state index contributed by atoms with van der Waals surface area (Å²) in [6, 6.07) is 193. The molecule has 27 aromatic rings. The lowest BCUT2D eigenvalue weighted by molar-refractivity contribution is 0.620. The first-order valence-electron chi connectivity index (χ1n) is 49.2. The number of para-hydroxylation sites is 4. The quantitative estimate of drug-likeness (QED) is 0.0827. The fourth-order valence-corrected chi connectivity index (χ4v) is 21.6. The maximum atomic E-state index is 6.58.